The van der Waals surface area contributed by atoms with E-state index in [1.54, 1.807) is 0 Å². The maximum absolute atomic E-state index is 5.31. The fourth-order valence-corrected chi connectivity index (χ4v) is 8.69. The molecule has 8 aromatic carbocycles. The summed E-state index contributed by atoms with van der Waals surface area (Å²) >= 11 is 0. The summed E-state index contributed by atoms with van der Waals surface area (Å²) in [5.41, 5.74) is 16.8. The van der Waals surface area contributed by atoms with Gasteiger partial charge in [-0.1, -0.05) is 151 Å². The second-order valence-electron chi connectivity index (χ2n) is 15.8. The fourth-order valence-electron chi connectivity index (χ4n) is 8.69. The second-order valence-corrected chi connectivity index (χ2v) is 15.8. The van der Waals surface area contributed by atoms with Crippen molar-refractivity contribution in [1.29, 1.82) is 0 Å². The number of anilines is 6. The van der Waals surface area contributed by atoms with Gasteiger partial charge in [-0.05, 0) is 117 Å². The van der Waals surface area contributed by atoms with Gasteiger partial charge in [0.15, 0.2) is 11.6 Å². The standard InChI is InChI=1S/C55H47N5/c1-36-30-38(3)51(39(4)31-36)60(52-40(5)32-37(2)33-41(52)6)48-28-26-47(27-29-48)59(50-35-46-25-17-16-24-45(46)34-49(50)42-18-10-7-11-19-42)55-57-53(43-20-12-8-13-21-43)56-54(58-55)44-22-14-9-15-23-44/h7-35H,1-6H3. The van der Waals surface area contributed by atoms with Gasteiger partial charge in [0.2, 0.25) is 5.95 Å². The van der Waals surface area contributed by atoms with Gasteiger partial charge in [-0.2, -0.15) is 9.97 Å². The van der Waals surface area contributed by atoms with E-state index in [1.807, 2.05) is 36.4 Å². The molecule has 5 nitrogen and oxygen atoms in total. The quantitative estimate of drug-likeness (QED) is 0.146. The molecule has 0 saturated carbocycles. The van der Waals surface area contributed by atoms with Crippen molar-refractivity contribution in [2.75, 3.05) is 9.80 Å². The van der Waals surface area contributed by atoms with Crippen molar-refractivity contribution in [3.63, 3.8) is 0 Å². The smallest absolute Gasteiger partial charge is 0.238 e. The zero-order valence-corrected chi connectivity index (χ0v) is 35.0. The van der Waals surface area contributed by atoms with Gasteiger partial charge in [0.25, 0.3) is 0 Å². The Hall–Kier alpha value is -7.37. The van der Waals surface area contributed by atoms with Crippen molar-refractivity contribution < 1.29 is 0 Å². The van der Waals surface area contributed by atoms with E-state index in [9.17, 15) is 0 Å². The highest BCUT2D eigenvalue weighted by Crippen LogP contribution is 2.46. The average molecular weight is 778 g/mol. The first-order valence-electron chi connectivity index (χ1n) is 20.5. The molecule has 1 heterocycles. The average Bonchev–Trinajstić information content (AvgIpc) is 3.26. The molecule has 0 spiro atoms. The number of aromatic nitrogens is 3. The van der Waals surface area contributed by atoms with Crippen LogP contribution in [-0.2, 0) is 0 Å². The number of benzene rings is 8. The van der Waals surface area contributed by atoms with Crippen LogP contribution >= 0.6 is 0 Å². The Kier molecular flexibility index (Phi) is 10.2. The molecule has 0 N–H and O–H groups in total. The molecule has 5 heteroatoms. The first-order valence-corrected chi connectivity index (χ1v) is 20.5. The molecule has 0 aliphatic carbocycles. The first-order chi connectivity index (χ1) is 29.2. The van der Waals surface area contributed by atoms with Gasteiger partial charge in [-0.3, -0.25) is 4.90 Å². The largest absolute Gasteiger partial charge is 0.309 e. The van der Waals surface area contributed by atoms with Crippen LogP contribution in [0.25, 0.3) is 44.7 Å². The maximum atomic E-state index is 5.31. The molecule has 1 aromatic heterocycles. The topological polar surface area (TPSA) is 45.2 Å². The van der Waals surface area contributed by atoms with Crippen LogP contribution in [0.3, 0.4) is 0 Å². The Morgan fingerprint density at radius 3 is 1.18 bits per heavy atom. The van der Waals surface area contributed by atoms with Crippen LogP contribution in [0, 0.1) is 41.5 Å². The summed E-state index contributed by atoms with van der Waals surface area (Å²) in [6.45, 7) is 13.2. The van der Waals surface area contributed by atoms with Gasteiger partial charge in [0.1, 0.15) is 0 Å². The highest BCUT2D eigenvalue weighted by atomic mass is 15.3. The van der Waals surface area contributed by atoms with Crippen LogP contribution < -0.4 is 9.80 Å². The van der Waals surface area contributed by atoms with E-state index in [1.165, 1.54) is 44.8 Å². The Labute approximate surface area is 353 Å². The predicted octanol–water partition coefficient (Wildman–Crippen LogP) is 14.8. The lowest BCUT2D eigenvalue weighted by Crippen LogP contribution is -2.18. The molecule has 0 aliphatic heterocycles. The van der Waals surface area contributed by atoms with E-state index in [0.29, 0.717) is 17.6 Å². The second kappa shape index (κ2) is 16.1. The van der Waals surface area contributed by atoms with Crippen molar-refractivity contribution in [2.45, 2.75) is 41.5 Å². The van der Waals surface area contributed by atoms with Crippen molar-refractivity contribution in [3.05, 3.63) is 209 Å². The number of hydrogen-bond donors (Lipinski definition) is 0. The molecule has 0 bridgehead atoms. The van der Waals surface area contributed by atoms with Gasteiger partial charge >= 0.3 is 0 Å². The number of nitrogens with zero attached hydrogens (tertiary/aromatic N) is 5. The highest BCUT2D eigenvalue weighted by Gasteiger charge is 2.25. The Balaban J connectivity index is 1.31. The Morgan fingerprint density at radius 1 is 0.350 bits per heavy atom. The minimum Gasteiger partial charge on any atom is -0.309 e. The molecular weight excluding hydrogens is 731 g/mol. The van der Waals surface area contributed by atoms with E-state index >= 15 is 0 Å². The zero-order valence-electron chi connectivity index (χ0n) is 35.0. The van der Waals surface area contributed by atoms with Gasteiger partial charge in [-0.15, -0.1) is 0 Å². The molecule has 0 saturated heterocycles. The summed E-state index contributed by atoms with van der Waals surface area (Å²) in [5.74, 6) is 1.73. The zero-order chi connectivity index (χ0) is 41.3. The van der Waals surface area contributed by atoms with Crippen molar-refractivity contribution >= 4 is 45.2 Å². The summed E-state index contributed by atoms with van der Waals surface area (Å²) in [6.07, 6.45) is 0. The number of rotatable bonds is 9. The number of hydrogen-bond acceptors (Lipinski definition) is 5. The molecule has 0 unspecified atom stereocenters. The van der Waals surface area contributed by atoms with Crippen molar-refractivity contribution in [3.8, 4) is 33.9 Å². The lowest BCUT2D eigenvalue weighted by atomic mass is 9.97. The minimum atomic E-state index is 0.523. The molecule has 0 amide bonds. The van der Waals surface area contributed by atoms with Crippen LogP contribution in [0.4, 0.5) is 34.4 Å². The van der Waals surface area contributed by atoms with E-state index in [2.05, 4.69) is 191 Å². The lowest BCUT2D eigenvalue weighted by molar-refractivity contribution is 1.02. The van der Waals surface area contributed by atoms with Crippen LogP contribution in [0.2, 0.25) is 0 Å². The van der Waals surface area contributed by atoms with E-state index < -0.39 is 0 Å². The summed E-state index contributed by atoms with van der Waals surface area (Å²) in [5, 5.41) is 2.28. The molecule has 60 heavy (non-hydrogen) atoms. The van der Waals surface area contributed by atoms with E-state index in [4.69, 9.17) is 15.0 Å². The van der Waals surface area contributed by atoms with Gasteiger partial charge < -0.3 is 4.90 Å². The minimum absolute atomic E-state index is 0.523. The van der Waals surface area contributed by atoms with Crippen LogP contribution in [-0.4, -0.2) is 15.0 Å². The number of aryl methyl sites for hydroxylation is 6. The highest BCUT2D eigenvalue weighted by molar-refractivity contribution is 5.98. The monoisotopic (exact) mass is 777 g/mol. The van der Waals surface area contributed by atoms with Gasteiger partial charge in [0.05, 0.1) is 17.1 Å². The predicted molar refractivity (Wildman–Crippen MR) is 251 cm³/mol. The normalized spacial score (nSPS) is 11.2. The van der Waals surface area contributed by atoms with Crippen LogP contribution in [0.5, 0.6) is 0 Å². The molecule has 9 rings (SSSR count). The third-order valence-corrected chi connectivity index (χ3v) is 11.2. The summed E-state index contributed by atoms with van der Waals surface area (Å²) in [6, 6.07) is 62.0. The Morgan fingerprint density at radius 2 is 0.733 bits per heavy atom. The molecule has 0 atom stereocenters. The van der Waals surface area contributed by atoms with Crippen molar-refractivity contribution in [2.24, 2.45) is 0 Å². The molecule has 0 aliphatic rings. The summed E-state index contributed by atoms with van der Waals surface area (Å²) in [7, 11) is 0. The maximum Gasteiger partial charge on any atom is 0.238 e. The molecule has 0 radical (unpaired) electrons. The number of fused-ring (bicyclic) bond motifs is 1. The van der Waals surface area contributed by atoms with Crippen LogP contribution in [0.1, 0.15) is 33.4 Å². The molecule has 9 aromatic rings. The molecule has 0 fully saturated rings. The van der Waals surface area contributed by atoms with Gasteiger partial charge in [-0.25, -0.2) is 4.98 Å². The third kappa shape index (κ3) is 7.42. The van der Waals surface area contributed by atoms with Gasteiger partial charge in [0, 0.05) is 28.1 Å². The van der Waals surface area contributed by atoms with Crippen molar-refractivity contribution in [1.82, 2.24) is 15.0 Å². The SMILES string of the molecule is Cc1cc(C)c(N(c2ccc(N(c3nc(-c4ccccc4)nc(-c4ccccc4)n3)c3cc4ccccc4cc3-c3ccccc3)cc2)c2c(C)cc(C)cc2C)c(C)c1. The lowest BCUT2D eigenvalue weighted by Gasteiger charge is -2.32. The molecular formula is C55H47N5. The summed E-state index contributed by atoms with van der Waals surface area (Å²) in [4.78, 5) is 20.3. The van der Waals surface area contributed by atoms with E-state index in [-0.39, 0.29) is 0 Å². The van der Waals surface area contributed by atoms with E-state index in [0.717, 1.165) is 50.1 Å². The fraction of sp³-hybridized carbons (Fsp3) is 0.109. The summed E-state index contributed by atoms with van der Waals surface area (Å²) < 4.78 is 0. The Bertz CT molecular complexity index is 2820. The third-order valence-electron chi connectivity index (χ3n) is 11.2. The molecule has 292 valence electrons. The van der Waals surface area contributed by atoms with Crippen LogP contribution in [0.15, 0.2) is 176 Å². The first kappa shape index (κ1) is 38.2.